The van der Waals surface area contributed by atoms with Crippen LogP contribution in [0.2, 0.25) is 0 Å². The third kappa shape index (κ3) is 3.26. The Morgan fingerprint density at radius 1 is 1.07 bits per heavy atom. The minimum Gasteiger partial charge on any atom is -0.339 e. The van der Waals surface area contributed by atoms with Gasteiger partial charge in [0.1, 0.15) is 0 Å². The molecule has 1 saturated heterocycles. The standard InChI is InChI=1S/C22H19F3N4O/c23-22(24,25)20-12-19(15-3-1-7-26-13-15)29(27-20)17-6-5-14-9-18(11-16(14)10-17)28-8-2-4-21(28)30/h1,3,5-7,10,12-13,18H,2,4,8-9,11H2. The van der Waals surface area contributed by atoms with Crippen LogP contribution in [0.15, 0.2) is 48.8 Å². The molecule has 8 heteroatoms. The number of nitrogens with zero attached hydrogens (tertiary/aromatic N) is 4. The van der Waals surface area contributed by atoms with Crippen LogP contribution in [0.5, 0.6) is 0 Å². The summed E-state index contributed by atoms with van der Waals surface area (Å²) in [7, 11) is 0. The van der Waals surface area contributed by atoms with E-state index in [4.69, 9.17) is 0 Å². The van der Waals surface area contributed by atoms with Crippen molar-refractivity contribution in [2.75, 3.05) is 6.54 Å². The van der Waals surface area contributed by atoms with Gasteiger partial charge in [-0.1, -0.05) is 6.07 Å². The molecule has 1 aliphatic carbocycles. The second-order valence-electron chi connectivity index (χ2n) is 7.77. The lowest BCUT2D eigenvalue weighted by atomic mass is 10.1. The molecule has 1 fully saturated rings. The third-order valence-corrected chi connectivity index (χ3v) is 5.85. The molecule has 0 spiro atoms. The smallest absolute Gasteiger partial charge is 0.339 e. The van der Waals surface area contributed by atoms with Crippen LogP contribution in [-0.4, -0.2) is 38.2 Å². The zero-order valence-corrected chi connectivity index (χ0v) is 16.1. The molecule has 1 unspecified atom stereocenters. The first-order chi connectivity index (χ1) is 14.4. The molecule has 1 aliphatic heterocycles. The number of benzene rings is 1. The van der Waals surface area contributed by atoms with Crippen molar-refractivity contribution in [3.63, 3.8) is 0 Å². The van der Waals surface area contributed by atoms with E-state index in [1.165, 1.54) is 10.9 Å². The van der Waals surface area contributed by atoms with Gasteiger partial charge in [0.2, 0.25) is 5.91 Å². The molecule has 2 aromatic heterocycles. The average Bonchev–Trinajstić information content (AvgIpc) is 3.44. The number of halogens is 3. The van der Waals surface area contributed by atoms with E-state index >= 15 is 0 Å². The Labute approximate surface area is 171 Å². The van der Waals surface area contributed by atoms with Gasteiger partial charge in [-0.05, 0) is 60.7 Å². The fourth-order valence-corrected chi connectivity index (χ4v) is 4.42. The number of rotatable bonds is 3. The van der Waals surface area contributed by atoms with Gasteiger partial charge in [-0.2, -0.15) is 18.3 Å². The lowest BCUT2D eigenvalue weighted by Crippen LogP contribution is -2.36. The molecule has 5 nitrogen and oxygen atoms in total. The highest BCUT2D eigenvalue weighted by atomic mass is 19.4. The van der Waals surface area contributed by atoms with E-state index in [0.717, 1.165) is 36.6 Å². The third-order valence-electron chi connectivity index (χ3n) is 5.85. The molecule has 2 aliphatic rings. The Bertz CT molecular complexity index is 1110. The van der Waals surface area contributed by atoms with Gasteiger partial charge >= 0.3 is 6.18 Å². The van der Waals surface area contributed by atoms with Gasteiger partial charge in [0.25, 0.3) is 0 Å². The van der Waals surface area contributed by atoms with E-state index in [1.807, 2.05) is 17.0 Å². The van der Waals surface area contributed by atoms with Crippen LogP contribution in [0.25, 0.3) is 16.9 Å². The van der Waals surface area contributed by atoms with Crippen LogP contribution in [-0.2, 0) is 23.8 Å². The Kier molecular flexibility index (Phi) is 4.38. The van der Waals surface area contributed by atoms with Gasteiger partial charge in [-0.3, -0.25) is 9.78 Å². The molecule has 154 valence electrons. The average molecular weight is 412 g/mol. The van der Waals surface area contributed by atoms with Crippen LogP contribution in [0, 0.1) is 0 Å². The predicted molar refractivity (Wildman–Crippen MR) is 104 cm³/mol. The van der Waals surface area contributed by atoms with Crippen LogP contribution >= 0.6 is 0 Å². The highest BCUT2D eigenvalue weighted by Gasteiger charge is 2.36. The molecule has 0 bridgehead atoms. The topological polar surface area (TPSA) is 51.0 Å². The summed E-state index contributed by atoms with van der Waals surface area (Å²) in [6.07, 6.45) is 1.54. The summed E-state index contributed by atoms with van der Waals surface area (Å²) < 4.78 is 41.4. The van der Waals surface area contributed by atoms with E-state index in [0.29, 0.717) is 29.8 Å². The van der Waals surface area contributed by atoms with Crippen molar-refractivity contribution < 1.29 is 18.0 Å². The summed E-state index contributed by atoms with van der Waals surface area (Å²) in [6.45, 7) is 0.781. The minimum absolute atomic E-state index is 0.131. The first-order valence-corrected chi connectivity index (χ1v) is 9.89. The van der Waals surface area contributed by atoms with Crippen LogP contribution in [0.3, 0.4) is 0 Å². The predicted octanol–water partition coefficient (Wildman–Crippen LogP) is 4.04. The first kappa shape index (κ1) is 18.8. The van der Waals surface area contributed by atoms with Crippen LogP contribution in [0.4, 0.5) is 13.2 Å². The van der Waals surface area contributed by atoms with Gasteiger partial charge in [0.05, 0.1) is 11.4 Å². The Morgan fingerprint density at radius 2 is 1.90 bits per heavy atom. The van der Waals surface area contributed by atoms with E-state index in [9.17, 15) is 18.0 Å². The minimum atomic E-state index is -4.54. The van der Waals surface area contributed by atoms with Crippen molar-refractivity contribution in [3.8, 4) is 16.9 Å². The van der Waals surface area contributed by atoms with Crippen LogP contribution < -0.4 is 0 Å². The Hall–Kier alpha value is -3.16. The molecular weight excluding hydrogens is 393 g/mol. The molecule has 0 N–H and O–H groups in total. The molecule has 0 radical (unpaired) electrons. The van der Waals surface area contributed by atoms with Crippen molar-refractivity contribution in [3.05, 3.63) is 65.6 Å². The van der Waals surface area contributed by atoms with Crippen molar-refractivity contribution in [2.45, 2.75) is 37.9 Å². The van der Waals surface area contributed by atoms with Gasteiger partial charge in [-0.15, -0.1) is 0 Å². The molecule has 1 amide bonds. The van der Waals surface area contributed by atoms with Gasteiger partial charge < -0.3 is 4.90 Å². The molecule has 3 aromatic rings. The second kappa shape index (κ2) is 6.97. The fraction of sp³-hybridized carbons (Fsp3) is 0.318. The summed E-state index contributed by atoms with van der Waals surface area (Å²) in [5.41, 5.74) is 2.70. The maximum absolute atomic E-state index is 13.4. The number of carbonyl (C=O) groups is 1. The lowest BCUT2D eigenvalue weighted by molar-refractivity contribution is -0.141. The maximum Gasteiger partial charge on any atom is 0.435 e. The summed E-state index contributed by atoms with van der Waals surface area (Å²) in [6, 6.07) is 10.2. The number of likely N-dealkylation sites (tertiary alicyclic amines) is 1. The number of amides is 1. The van der Waals surface area contributed by atoms with Gasteiger partial charge in [0, 0.05) is 37.0 Å². The van der Waals surface area contributed by atoms with E-state index in [2.05, 4.69) is 10.1 Å². The molecule has 30 heavy (non-hydrogen) atoms. The summed E-state index contributed by atoms with van der Waals surface area (Å²) in [5, 5.41) is 3.86. The van der Waals surface area contributed by atoms with E-state index < -0.39 is 11.9 Å². The second-order valence-corrected chi connectivity index (χ2v) is 7.77. The molecular formula is C22H19F3N4O. The summed E-state index contributed by atoms with van der Waals surface area (Å²) in [5.74, 6) is 0.189. The van der Waals surface area contributed by atoms with Crippen molar-refractivity contribution in [2.24, 2.45) is 0 Å². The van der Waals surface area contributed by atoms with Crippen molar-refractivity contribution >= 4 is 5.91 Å². The number of pyridine rings is 1. The van der Waals surface area contributed by atoms with Gasteiger partial charge in [0.15, 0.2) is 5.69 Å². The molecule has 1 atom stereocenters. The van der Waals surface area contributed by atoms with E-state index in [1.54, 1.807) is 24.4 Å². The number of alkyl halides is 3. The lowest BCUT2D eigenvalue weighted by Gasteiger charge is -2.23. The Morgan fingerprint density at radius 3 is 2.60 bits per heavy atom. The quantitative estimate of drug-likeness (QED) is 0.652. The van der Waals surface area contributed by atoms with Crippen LogP contribution in [0.1, 0.15) is 29.7 Å². The van der Waals surface area contributed by atoms with E-state index in [-0.39, 0.29) is 11.9 Å². The van der Waals surface area contributed by atoms with Crippen molar-refractivity contribution in [1.82, 2.24) is 19.7 Å². The number of aromatic nitrogens is 3. The highest BCUT2D eigenvalue weighted by molar-refractivity contribution is 5.78. The molecule has 5 rings (SSSR count). The fourth-order valence-electron chi connectivity index (χ4n) is 4.42. The number of hydrogen-bond donors (Lipinski definition) is 0. The van der Waals surface area contributed by atoms with Crippen molar-refractivity contribution in [1.29, 1.82) is 0 Å². The highest BCUT2D eigenvalue weighted by Crippen LogP contribution is 2.35. The largest absolute Gasteiger partial charge is 0.435 e. The zero-order valence-electron chi connectivity index (χ0n) is 16.1. The summed E-state index contributed by atoms with van der Waals surface area (Å²) in [4.78, 5) is 18.1. The monoisotopic (exact) mass is 412 g/mol. The maximum atomic E-state index is 13.4. The molecule has 3 heterocycles. The molecule has 0 saturated carbocycles. The summed E-state index contributed by atoms with van der Waals surface area (Å²) >= 11 is 0. The number of fused-ring (bicyclic) bond motifs is 1. The number of carbonyl (C=O) groups excluding carboxylic acids is 1. The SMILES string of the molecule is O=C1CCCN1C1Cc2ccc(-n3nc(C(F)(F)F)cc3-c3cccnc3)cc2C1. The van der Waals surface area contributed by atoms with Gasteiger partial charge in [-0.25, -0.2) is 4.68 Å². The first-order valence-electron chi connectivity index (χ1n) is 9.89. The number of hydrogen-bond acceptors (Lipinski definition) is 3. The Balaban J connectivity index is 1.53. The normalized spacial score (nSPS) is 18.8. The zero-order chi connectivity index (χ0) is 20.9. The molecule has 1 aromatic carbocycles.